The second-order valence-corrected chi connectivity index (χ2v) is 5.25. The summed E-state index contributed by atoms with van der Waals surface area (Å²) in [5, 5.41) is 0. The number of methoxy groups -OCH3 is 1. The fourth-order valence-electron chi connectivity index (χ4n) is 2.15. The summed E-state index contributed by atoms with van der Waals surface area (Å²) in [7, 11) is 1.45. The number of hydrogen-bond donors (Lipinski definition) is 0. The summed E-state index contributed by atoms with van der Waals surface area (Å²) in [5.74, 6) is -0.00541. The second kappa shape index (κ2) is 6.12. The van der Waals surface area contributed by atoms with Gasteiger partial charge in [-0.15, -0.1) is 11.3 Å². The number of carbonyl (C=O) groups excluding carboxylic acids is 1. The quantitative estimate of drug-likeness (QED) is 0.775. The number of carbonyl (C=O) groups is 1. The van der Waals surface area contributed by atoms with Crippen molar-refractivity contribution in [3.63, 3.8) is 0 Å². The third-order valence-corrected chi connectivity index (χ3v) is 3.91. The van der Waals surface area contributed by atoms with E-state index < -0.39 is 0 Å². The molecule has 0 N–H and O–H groups in total. The van der Waals surface area contributed by atoms with Crippen LogP contribution in [0.25, 0.3) is 0 Å². The first-order valence-electron chi connectivity index (χ1n) is 5.86. The van der Waals surface area contributed by atoms with Crippen molar-refractivity contribution in [3.8, 4) is 0 Å². The highest BCUT2D eigenvalue weighted by Gasteiger charge is 2.27. The zero-order valence-corrected chi connectivity index (χ0v) is 10.7. The number of aromatic nitrogens is 1. The van der Waals surface area contributed by atoms with E-state index in [1.54, 1.807) is 11.3 Å². The Hall–Kier alpha value is -0.940. The van der Waals surface area contributed by atoms with E-state index in [0.29, 0.717) is 6.61 Å². The standard InChI is InChI=1S/C12H17NO3S/c1-15-12(14)9-2-4-10(5-3-9)16-7-11-6-13-8-17-11/h6,8-10H,2-5,7H2,1H3. The fourth-order valence-corrected chi connectivity index (χ4v) is 2.66. The van der Waals surface area contributed by atoms with E-state index in [-0.39, 0.29) is 18.0 Å². The molecule has 0 radical (unpaired) electrons. The Morgan fingerprint density at radius 2 is 2.24 bits per heavy atom. The normalized spacial score (nSPS) is 24.5. The molecule has 1 fully saturated rings. The first-order chi connectivity index (χ1) is 8.29. The third-order valence-electron chi connectivity index (χ3n) is 3.15. The molecule has 1 heterocycles. The lowest BCUT2D eigenvalue weighted by Crippen LogP contribution is -2.26. The van der Waals surface area contributed by atoms with Gasteiger partial charge in [0.25, 0.3) is 0 Å². The number of thiazole rings is 1. The second-order valence-electron chi connectivity index (χ2n) is 4.28. The zero-order chi connectivity index (χ0) is 12.1. The van der Waals surface area contributed by atoms with Crippen LogP contribution in [0.4, 0.5) is 0 Å². The molecular weight excluding hydrogens is 238 g/mol. The largest absolute Gasteiger partial charge is 0.469 e. The van der Waals surface area contributed by atoms with Crippen LogP contribution >= 0.6 is 11.3 Å². The van der Waals surface area contributed by atoms with Crippen LogP contribution in [-0.4, -0.2) is 24.2 Å². The molecule has 1 aliphatic rings. The van der Waals surface area contributed by atoms with Gasteiger partial charge in [-0.05, 0) is 25.7 Å². The van der Waals surface area contributed by atoms with Gasteiger partial charge in [0.1, 0.15) is 0 Å². The van der Waals surface area contributed by atoms with Gasteiger partial charge in [0.2, 0.25) is 0 Å². The van der Waals surface area contributed by atoms with E-state index in [9.17, 15) is 4.79 Å². The summed E-state index contributed by atoms with van der Waals surface area (Å²) in [5.41, 5.74) is 1.81. The monoisotopic (exact) mass is 255 g/mol. The van der Waals surface area contributed by atoms with Crippen LogP contribution < -0.4 is 0 Å². The van der Waals surface area contributed by atoms with Crippen LogP contribution in [0.15, 0.2) is 11.7 Å². The minimum atomic E-state index is -0.0779. The van der Waals surface area contributed by atoms with E-state index in [4.69, 9.17) is 9.47 Å². The summed E-state index contributed by atoms with van der Waals surface area (Å²) in [4.78, 5) is 16.5. The maximum atomic E-state index is 11.3. The maximum absolute atomic E-state index is 11.3. The maximum Gasteiger partial charge on any atom is 0.308 e. The van der Waals surface area contributed by atoms with Gasteiger partial charge in [-0.2, -0.15) is 0 Å². The Morgan fingerprint density at radius 3 is 2.82 bits per heavy atom. The van der Waals surface area contributed by atoms with Crippen molar-refractivity contribution in [1.82, 2.24) is 4.98 Å². The van der Waals surface area contributed by atoms with Gasteiger partial charge >= 0.3 is 5.97 Å². The molecule has 0 aromatic carbocycles. The van der Waals surface area contributed by atoms with Crippen LogP contribution in [0.5, 0.6) is 0 Å². The average Bonchev–Trinajstić information content (AvgIpc) is 2.89. The van der Waals surface area contributed by atoms with Crippen LogP contribution in [0.3, 0.4) is 0 Å². The van der Waals surface area contributed by atoms with E-state index >= 15 is 0 Å². The van der Waals surface area contributed by atoms with E-state index in [2.05, 4.69) is 4.98 Å². The Labute approximate surface area is 105 Å². The first-order valence-corrected chi connectivity index (χ1v) is 6.74. The topological polar surface area (TPSA) is 48.4 Å². The number of hydrogen-bond acceptors (Lipinski definition) is 5. The number of nitrogens with zero attached hydrogens (tertiary/aromatic N) is 1. The van der Waals surface area contributed by atoms with Crippen LogP contribution in [0, 0.1) is 5.92 Å². The zero-order valence-electron chi connectivity index (χ0n) is 9.93. The molecule has 0 saturated heterocycles. The summed E-state index contributed by atoms with van der Waals surface area (Å²) >= 11 is 1.61. The fraction of sp³-hybridized carbons (Fsp3) is 0.667. The molecule has 1 aromatic rings. The predicted molar refractivity (Wildman–Crippen MR) is 64.7 cm³/mol. The predicted octanol–water partition coefficient (Wildman–Crippen LogP) is 2.39. The van der Waals surface area contributed by atoms with E-state index in [0.717, 1.165) is 30.6 Å². The first kappa shape index (κ1) is 12.5. The number of esters is 1. The van der Waals surface area contributed by atoms with Crippen molar-refractivity contribution in [3.05, 3.63) is 16.6 Å². The third kappa shape index (κ3) is 3.51. The number of rotatable bonds is 4. The van der Waals surface area contributed by atoms with Gasteiger partial charge in [0, 0.05) is 6.20 Å². The van der Waals surface area contributed by atoms with Crippen molar-refractivity contribution >= 4 is 17.3 Å². The Morgan fingerprint density at radius 1 is 1.47 bits per heavy atom. The molecular formula is C12H17NO3S. The van der Waals surface area contributed by atoms with Gasteiger partial charge in [-0.25, -0.2) is 0 Å². The Bertz CT molecular complexity index is 345. The van der Waals surface area contributed by atoms with E-state index in [1.807, 2.05) is 11.7 Å². The average molecular weight is 255 g/mol. The Kier molecular flexibility index (Phi) is 4.50. The van der Waals surface area contributed by atoms with Crippen LogP contribution in [0.2, 0.25) is 0 Å². The molecule has 0 unspecified atom stereocenters. The molecule has 1 aromatic heterocycles. The minimum Gasteiger partial charge on any atom is -0.469 e. The molecule has 0 amide bonds. The Balaban J connectivity index is 1.70. The molecule has 0 atom stereocenters. The van der Waals surface area contributed by atoms with Crippen molar-refractivity contribution in [1.29, 1.82) is 0 Å². The smallest absolute Gasteiger partial charge is 0.308 e. The summed E-state index contributed by atoms with van der Waals surface area (Å²) in [6.07, 6.45) is 5.75. The van der Waals surface area contributed by atoms with Gasteiger partial charge in [-0.1, -0.05) is 0 Å². The highest BCUT2D eigenvalue weighted by molar-refractivity contribution is 7.09. The molecule has 1 saturated carbocycles. The number of ether oxygens (including phenoxy) is 2. The van der Waals surface area contributed by atoms with Crippen LogP contribution in [0.1, 0.15) is 30.6 Å². The lowest BCUT2D eigenvalue weighted by molar-refractivity contribution is -0.147. The summed E-state index contributed by atoms with van der Waals surface area (Å²) in [6, 6.07) is 0. The molecule has 0 bridgehead atoms. The van der Waals surface area contributed by atoms with Gasteiger partial charge in [0.05, 0.1) is 36.1 Å². The molecule has 1 aliphatic carbocycles. The van der Waals surface area contributed by atoms with Crippen molar-refractivity contribution in [2.75, 3.05) is 7.11 Å². The molecule has 17 heavy (non-hydrogen) atoms. The van der Waals surface area contributed by atoms with E-state index in [1.165, 1.54) is 7.11 Å². The molecule has 0 spiro atoms. The van der Waals surface area contributed by atoms with Crippen LogP contribution in [-0.2, 0) is 20.9 Å². The molecule has 94 valence electrons. The lowest BCUT2D eigenvalue weighted by atomic mass is 9.87. The minimum absolute atomic E-state index is 0.0725. The van der Waals surface area contributed by atoms with Gasteiger partial charge < -0.3 is 9.47 Å². The van der Waals surface area contributed by atoms with Gasteiger partial charge in [-0.3, -0.25) is 9.78 Å². The highest BCUT2D eigenvalue weighted by Crippen LogP contribution is 2.27. The van der Waals surface area contributed by atoms with Crippen molar-refractivity contribution in [2.45, 2.75) is 38.4 Å². The van der Waals surface area contributed by atoms with Crippen molar-refractivity contribution < 1.29 is 14.3 Å². The molecule has 2 rings (SSSR count). The molecule has 0 aliphatic heterocycles. The summed E-state index contributed by atoms with van der Waals surface area (Å²) in [6.45, 7) is 0.637. The summed E-state index contributed by atoms with van der Waals surface area (Å²) < 4.78 is 10.6. The lowest BCUT2D eigenvalue weighted by Gasteiger charge is -2.26. The van der Waals surface area contributed by atoms with Crippen molar-refractivity contribution in [2.24, 2.45) is 5.92 Å². The van der Waals surface area contributed by atoms with Gasteiger partial charge in [0.15, 0.2) is 0 Å². The molecule has 4 nitrogen and oxygen atoms in total. The SMILES string of the molecule is COC(=O)C1CCC(OCc2cncs2)CC1. The molecule has 5 heteroatoms. The highest BCUT2D eigenvalue weighted by atomic mass is 32.1.